The Balaban J connectivity index is 1.35. The molecule has 7 rings (SSSR count). The van der Waals surface area contributed by atoms with E-state index in [4.69, 9.17) is 0 Å². The fourth-order valence-corrected chi connectivity index (χ4v) is 5.42. The minimum atomic E-state index is -0.527. The minimum Gasteiger partial charge on any atom is -0.357 e. The molecular formula is C23H20FN7O2. The molecule has 0 atom stereocenters. The Bertz CT molecular complexity index is 1390. The van der Waals surface area contributed by atoms with Gasteiger partial charge in [-0.1, -0.05) is 0 Å². The molecule has 0 unspecified atom stereocenters. The summed E-state index contributed by atoms with van der Waals surface area (Å²) in [7, 11) is 0. The third-order valence-corrected chi connectivity index (χ3v) is 7.33. The number of nitrogens with one attached hydrogen (secondary N) is 4. The van der Waals surface area contributed by atoms with Crippen LogP contribution in [0.3, 0.4) is 0 Å². The average Bonchev–Trinajstić information content (AvgIpc) is 3.48. The summed E-state index contributed by atoms with van der Waals surface area (Å²) in [5, 5.41) is 8.70. The zero-order chi connectivity index (χ0) is 22.3. The second-order valence-corrected chi connectivity index (χ2v) is 9.19. The number of H-pyrrole nitrogens is 1. The van der Waals surface area contributed by atoms with Gasteiger partial charge in [0.25, 0.3) is 11.8 Å². The van der Waals surface area contributed by atoms with Crippen LogP contribution in [-0.2, 0) is 24.7 Å². The summed E-state index contributed by atoms with van der Waals surface area (Å²) in [6.07, 6.45) is 6.89. The minimum absolute atomic E-state index is 0.0148. The lowest BCUT2D eigenvalue weighted by Crippen LogP contribution is -2.39. The zero-order valence-corrected chi connectivity index (χ0v) is 17.6. The highest BCUT2D eigenvalue weighted by atomic mass is 19.1. The topological polar surface area (TPSA) is 125 Å². The summed E-state index contributed by atoms with van der Waals surface area (Å²) in [6, 6.07) is 0. The molecule has 0 saturated heterocycles. The summed E-state index contributed by atoms with van der Waals surface area (Å²) >= 11 is 0. The van der Waals surface area contributed by atoms with Crippen LogP contribution >= 0.6 is 0 Å². The van der Waals surface area contributed by atoms with Crippen LogP contribution in [0, 0.1) is 5.82 Å². The Morgan fingerprint density at radius 2 is 1.79 bits per heavy atom. The molecule has 0 radical (unpaired) electrons. The monoisotopic (exact) mass is 445 g/mol. The highest BCUT2D eigenvalue weighted by Gasteiger charge is 2.52. The number of rotatable bonds is 2. The number of aromatic amines is 1. The number of amides is 2. The van der Waals surface area contributed by atoms with Crippen LogP contribution in [0.5, 0.6) is 0 Å². The number of hydrogen-bond acceptors (Lipinski definition) is 6. The van der Waals surface area contributed by atoms with E-state index in [1.54, 1.807) is 6.20 Å². The van der Waals surface area contributed by atoms with Crippen LogP contribution in [0.15, 0.2) is 12.5 Å². The maximum atomic E-state index is 15.9. The molecule has 0 bridgehead atoms. The second kappa shape index (κ2) is 6.37. The third kappa shape index (κ3) is 2.54. The van der Waals surface area contributed by atoms with E-state index in [-0.39, 0.29) is 28.9 Å². The van der Waals surface area contributed by atoms with E-state index in [1.165, 1.54) is 6.33 Å². The fraction of sp³-hybridized carbons (Fsp3) is 0.348. The summed E-state index contributed by atoms with van der Waals surface area (Å²) in [5.74, 6) is -0.700. The van der Waals surface area contributed by atoms with Crippen LogP contribution in [0.1, 0.15) is 56.1 Å². The van der Waals surface area contributed by atoms with Crippen molar-refractivity contribution in [3.05, 3.63) is 52.0 Å². The molecule has 4 aliphatic rings. The average molecular weight is 445 g/mol. The first-order valence-electron chi connectivity index (χ1n) is 11.2. The number of nitrogens with zero attached hydrogens (tertiary/aromatic N) is 3. The van der Waals surface area contributed by atoms with Crippen molar-refractivity contribution < 1.29 is 14.0 Å². The maximum absolute atomic E-state index is 15.9. The van der Waals surface area contributed by atoms with Crippen molar-refractivity contribution >= 4 is 23.5 Å². The Morgan fingerprint density at radius 3 is 2.64 bits per heavy atom. The van der Waals surface area contributed by atoms with Gasteiger partial charge in [-0.05, 0) is 36.8 Å². The fourth-order valence-electron chi connectivity index (χ4n) is 5.42. The van der Waals surface area contributed by atoms with Crippen LogP contribution in [0.4, 0.5) is 16.0 Å². The van der Waals surface area contributed by atoms with Crippen LogP contribution < -0.4 is 16.0 Å². The van der Waals surface area contributed by atoms with Gasteiger partial charge in [0.05, 0.1) is 17.0 Å². The molecule has 1 fully saturated rings. The van der Waals surface area contributed by atoms with Gasteiger partial charge in [0.15, 0.2) is 11.6 Å². The molecule has 3 aromatic rings. The van der Waals surface area contributed by atoms with Gasteiger partial charge in [-0.15, -0.1) is 0 Å². The van der Waals surface area contributed by atoms with Gasteiger partial charge in [0, 0.05) is 42.4 Å². The molecule has 0 aromatic carbocycles. The molecule has 1 spiro atoms. The molecule has 166 valence electrons. The number of aromatic nitrogens is 4. The Morgan fingerprint density at radius 1 is 0.939 bits per heavy atom. The van der Waals surface area contributed by atoms with E-state index in [0.29, 0.717) is 60.4 Å². The molecule has 2 aliphatic carbocycles. The van der Waals surface area contributed by atoms with Gasteiger partial charge in [-0.3, -0.25) is 9.59 Å². The molecular weight excluding hydrogens is 425 g/mol. The molecule has 2 aliphatic heterocycles. The van der Waals surface area contributed by atoms with Crippen LogP contribution in [0.25, 0.3) is 11.3 Å². The number of pyridine rings is 1. The van der Waals surface area contributed by atoms with Gasteiger partial charge in [-0.2, -0.15) is 0 Å². The Labute approximate surface area is 187 Å². The third-order valence-electron chi connectivity index (χ3n) is 7.33. The summed E-state index contributed by atoms with van der Waals surface area (Å²) in [5.41, 5.74) is 5.27. The predicted molar refractivity (Wildman–Crippen MR) is 116 cm³/mol. The van der Waals surface area contributed by atoms with E-state index in [9.17, 15) is 9.59 Å². The second-order valence-electron chi connectivity index (χ2n) is 9.19. The first-order valence-corrected chi connectivity index (χ1v) is 11.2. The molecule has 9 nitrogen and oxygen atoms in total. The van der Waals surface area contributed by atoms with Gasteiger partial charge < -0.3 is 20.9 Å². The smallest absolute Gasteiger partial charge is 0.256 e. The Kier molecular flexibility index (Phi) is 3.61. The Hall–Kier alpha value is -3.82. The zero-order valence-electron chi connectivity index (χ0n) is 17.6. The van der Waals surface area contributed by atoms with E-state index in [1.807, 2.05) is 0 Å². The highest BCUT2D eigenvalue weighted by molar-refractivity contribution is 6.02. The van der Waals surface area contributed by atoms with Crippen molar-refractivity contribution in [3.63, 3.8) is 0 Å². The SMILES string of the molecule is O=C1NCCc2ncnc(Nc3ncc4c(c3F)-c3[nH]c5c(c3CC4)C(=O)NCC53CC3)c21. The first-order chi connectivity index (χ1) is 16.1. The standard InChI is InChI=1S/C23H20FN7O2/c24-16-13-10(1-2-11-14-18(30-17(11)13)23(4-5-23)8-27-21(14)32)7-26-20(16)31-19-15-12(28-9-29-19)3-6-25-22(15)33/h7,9,30H,1-6,8H2,(H,25,33)(H,27,32)(H,26,28,29,31). The van der Waals surface area contributed by atoms with Crippen molar-refractivity contribution in [2.75, 3.05) is 18.4 Å². The molecule has 2 amide bonds. The number of fused-ring (bicyclic) bond motifs is 7. The number of hydrogen-bond donors (Lipinski definition) is 4. The van der Waals surface area contributed by atoms with E-state index in [2.05, 4.69) is 35.9 Å². The van der Waals surface area contributed by atoms with E-state index >= 15 is 4.39 Å². The summed E-state index contributed by atoms with van der Waals surface area (Å²) in [4.78, 5) is 41.2. The van der Waals surface area contributed by atoms with Crippen LogP contribution in [0.2, 0.25) is 0 Å². The van der Waals surface area contributed by atoms with E-state index < -0.39 is 5.82 Å². The van der Waals surface area contributed by atoms with Gasteiger partial charge in [-0.25, -0.2) is 19.3 Å². The van der Waals surface area contributed by atoms with Gasteiger partial charge >= 0.3 is 0 Å². The van der Waals surface area contributed by atoms with Crippen molar-refractivity contribution in [2.45, 2.75) is 37.5 Å². The lowest BCUT2D eigenvalue weighted by atomic mass is 9.86. The number of carbonyl (C=O) groups excluding carboxylic acids is 2. The predicted octanol–water partition coefficient (Wildman–Crippen LogP) is 1.91. The van der Waals surface area contributed by atoms with E-state index in [0.717, 1.165) is 29.7 Å². The van der Waals surface area contributed by atoms with Gasteiger partial charge in [0.2, 0.25) is 0 Å². The molecule has 3 aromatic heterocycles. The molecule has 10 heteroatoms. The van der Waals surface area contributed by atoms with Crippen LogP contribution in [-0.4, -0.2) is 44.8 Å². The van der Waals surface area contributed by atoms with Gasteiger partial charge in [0.1, 0.15) is 17.7 Å². The maximum Gasteiger partial charge on any atom is 0.256 e. The summed E-state index contributed by atoms with van der Waals surface area (Å²) < 4.78 is 15.9. The van der Waals surface area contributed by atoms with Crippen molar-refractivity contribution in [3.8, 4) is 11.3 Å². The van der Waals surface area contributed by atoms with Crippen molar-refractivity contribution in [1.29, 1.82) is 0 Å². The number of anilines is 2. The molecule has 4 N–H and O–H groups in total. The molecule has 5 heterocycles. The molecule has 1 saturated carbocycles. The van der Waals surface area contributed by atoms with Crippen molar-refractivity contribution in [2.24, 2.45) is 0 Å². The quantitative estimate of drug-likeness (QED) is 0.478. The first kappa shape index (κ1) is 18.7. The summed E-state index contributed by atoms with van der Waals surface area (Å²) in [6.45, 7) is 1.13. The molecule has 33 heavy (non-hydrogen) atoms. The number of halogens is 1. The lowest BCUT2D eigenvalue weighted by Gasteiger charge is -2.23. The largest absolute Gasteiger partial charge is 0.357 e. The number of carbonyl (C=O) groups is 2. The normalized spacial score (nSPS) is 19.1. The highest BCUT2D eigenvalue weighted by Crippen LogP contribution is 2.53. The lowest BCUT2D eigenvalue weighted by molar-refractivity contribution is 0.0931. The number of aryl methyl sites for hydroxylation is 1. The van der Waals surface area contributed by atoms with Crippen molar-refractivity contribution in [1.82, 2.24) is 30.6 Å².